The molecule has 2 aromatic rings. The zero-order chi connectivity index (χ0) is 21.0. The molecule has 8 nitrogen and oxygen atoms in total. The molecule has 3 rings (SSSR count). The number of hydrogen-bond acceptors (Lipinski definition) is 5. The highest BCUT2D eigenvalue weighted by atomic mass is 32.2. The van der Waals surface area contributed by atoms with Gasteiger partial charge in [-0.3, -0.25) is 4.79 Å². The Balaban J connectivity index is 1.70. The monoisotopic (exact) mass is 415 g/mol. The van der Waals surface area contributed by atoms with Gasteiger partial charge < -0.3 is 15.0 Å². The normalized spacial score (nSPS) is 15.4. The van der Waals surface area contributed by atoms with Crippen LogP contribution < -0.4 is 5.32 Å². The molecule has 0 atom stereocenters. The molecule has 1 saturated heterocycles. The average Bonchev–Trinajstić information content (AvgIpc) is 3.11. The topological polar surface area (TPSA) is 105 Å². The van der Waals surface area contributed by atoms with E-state index in [1.807, 2.05) is 11.9 Å². The summed E-state index contributed by atoms with van der Waals surface area (Å²) in [6.45, 7) is 0.792. The Kier molecular flexibility index (Phi) is 5.97. The van der Waals surface area contributed by atoms with Gasteiger partial charge in [0.2, 0.25) is 0 Å². The number of sulfonamides is 1. The first kappa shape index (κ1) is 20.5. The Hall–Kier alpha value is -3.20. The lowest BCUT2D eigenvalue weighted by atomic mass is 10.1. The summed E-state index contributed by atoms with van der Waals surface area (Å²) in [6, 6.07) is 11.8. The second kappa shape index (κ2) is 8.44. The number of ether oxygens (including phenoxy) is 1. The third-order valence-corrected chi connectivity index (χ3v) is 5.86. The lowest BCUT2D eigenvalue weighted by Crippen LogP contribution is -2.20. The number of rotatable bonds is 5. The molecule has 1 fully saturated rings. The Morgan fingerprint density at radius 1 is 1.03 bits per heavy atom. The fourth-order valence-electron chi connectivity index (χ4n) is 2.89. The van der Waals surface area contributed by atoms with E-state index < -0.39 is 16.0 Å². The quantitative estimate of drug-likeness (QED) is 0.753. The van der Waals surface area contributed by atoms with Crippen molar-refractivity contribution in [2.75, 3.05) is 26.0 Å². The second-order valence-corrected chi connectivity index (χ2v) is 8.16. The lowest BCUT2D eigenvalue weighted by molar-refractivity contribution is 0.0600. The highest BCUT2D eigenvalue weighted by Gasteiger charge is 2.20. The number of nitrogens with one attached hydrogen (secondary N) is 1. The first-order valence-electron chi connectivity index (χ1n) is 8.95. The maximum absolute atomic E-state index is 12.5. The highest BCUT2D eigenvalue weighted by Crippen LogP contribution is 2.19. The predicted octanol–water partition coefficient (Wildman–Crippen LogP) is 2.54. The van der Waals surface area contributed by atoms with Crippen molar-refractivity contribution >= 4 is 33.4 Å². The van der Waals surface area contributed by atoms with E-state index in [9.17, 15) is 18.0 Å². The van der Waals surface area contributed by atoms with E-state index in [0.29, 0.717) is 29.1 Å². The number of amides is 1. The van der Waals surface area contributed by atoms with Crippen LogP contribution in [0.3, 0.4) is 0 Å². The number of amidine groups is 1. The van der Waals surface area contributed by atoms with Gasteiger partial charge in [-0.1, -0.05) is 0 Å². The number of anilines is 1. The largest absolute Gasteiger partial charge is 0.465 e. The van der Waals surface area contributed by atoms with E-state index in [0.717, 1.165) is 13.0 Å². The van der Waals surface area contributed by atoms with Gasteiger partial charge in [-0.05, 0) is 55.0 Å². The molecule has 1 N–H and O–H groups in total. The summed E-state index contributed by atoms with van der Waals surface area (Å²) in [4.78, 5) is 25.7. The van der Waals surface area contributed by atoms with E-state index in [1.54, 1.807) is 0 Å². The lowest BCUT2D eigenvalue weighted by Gasteiger charge is -2.11. The molecule has 2 aromatic carbocycles. The molecule has 1 amide bonds. The van der Waals surface area contributed by atoms with Crippen LogP contribution >= 0.6 is 0 Å². The maximum Gasteiger partial charge on any atom is 0.337 e. The van der Waals surface area contributed by atoms with Crippen molar-refractivity contribution in [3.05, 3.63) is 59.7 Å². The van der Waals surface area contributed by atoms with Crippen LogP contribution in [0.15, 0.2) is 57.8 Å². The van der Waals surface area contributed by atoms with Gasteiger partial charge in [0.1, 0.15) is 5.84 Å². The number of benzene rings is 2. The summed E-state index contributed by atoms with van der Waals surface area (Å²) in [6.07, 6.45) is 1.52. The Morgan fingerprint density at radius 2 is 1.66 bits per heavy atom. The van der Waals surface area contributed by atoms with Crippen molar-refractivity contribution in [1.29, 1.82) is 0 Å². The van der Waals surface area contributed by atoms with Gasteiger partial charge in [0, 0.05) is 31.3 Å². The number of carbonyl (C=O) groups excluding carboxylic acids is 2. The SMILES string of the molecule is COC(=O)c1ccc(C(=O)Nc2ccc(S(=O)(=O)/N=C3\CCCN3C)cc2)cc1. The zero-order valence-electron chi connectivity index (χ0n) is 16.1. The molecule has 0 bridgehead atoms. The summed E-state index contributed by atoms with van der Waals surface area (Å²) >= 11 is 0. The van der Waals surface area contributed by atoms with Crippen LogP contribution in [0.2, 0.25) is 0 Å². The van der Waals surface area contributed by atoms with Gasteiger partial charge in [-0.25, -0.2) is 4.79 Å². The third kappa shape index (κ3) is 4.80. The molecular weight excluding hydrogens is 394 g/mol. The molecular formula is C20H21N3O5S. The molecule has 0 aliphatic carbocycles. The van der Waals surface area contributed by atoms with Gasteiger partial charge in [-0.15, -0.1) is 4.40 Å². The predicted molar refractivity (Wildman–Crippen MR) is 109 cm³/mol. The van der Waals surface area contributed by atoms with Crippen LogP contribution in [0.4, 0.5) is 5.69 Å². The molecule has 0 aromatic heterocycles. The fraction of sp³-hybridized carbons (Fsp3) is 0.250. The van der Waals surface area contributed by atoms with E-state index in [2.05, 4.69) is 14.5 Å². The molecule has 1 heterocycles. The van der Waals surface area contributed by atoms with Crippen molar-refractivity contribution in [2.24, 2.45) is 4.40 Å². The van der Waals surface area contributed by atoms with Crippen molar-refractivity contribution < 1.29 is 22.7 Å². The maximum atomic E-state index is 12.5. The molecule has 0 saturated carbocycles. The van der Waals surface area contributed by atoms with Crippen LogP contribution in [0.5, 0.6) is 0 Å². The van der Waals surface area contributed by atoms with Crippen LogP contribution in [0.25, 0.3) is 0 Å². The van der Waals surface area contributed by atoms with Crippen LogP contribution in [0.1, 0.15) is 33.6 Å². The number of carbonyl (C=O) groups is 2. The van der Waals surface area contributed by atoms with E-state index >= 15 is 0 Å². The van der Waals surface area contributed by atoms with Gasteiger partial charge in [-0.2, -0.15) is 8.42 Å². The van der Waals surface area contributed by atoms with E-state index in [4.69, 9.17) is 0 Å². The molecule has 1 aliphatic rings. The first-order chi connectivity index (χ1) is 13.8. The van der Waals surface area contributed by atoms with Gasteiger partial charge in [0.15, 0.2) is 0 Å². The van der Waals surface area contributed by atoms with Crippen LogP contribution in [-0.4, -0.2) is 51.7 Å². The Labute approximate surface area is 169 Å². The van der Waals surface area contributed by atoms with Crippen LogP contribution in [0, 0.1) is 0 Å². The number of esters is 1. The van der Waals surface area contributed by atoms with Gasteiger partial charge in [0.25, 0.3) is 15.9 Å². The smallest absolute Gasteiger partial charge is 0.337 e. The summed E-state index contributed by atoms with van der Waals surface area (Å²) in [5.41, 5.74) is 1.13. The highest BCUT2D eigenvalue weighted by molar-refractivity contribution is 7.90. The van der Waals surface area contributed by atoms with Crippen LogP contribution in [-0.2, 0) is 14.8 Å². The average molecular weight is 415 g/mol. The minimum absolute atomic E-state index is 0.0609. The summed E-state index contributed by atoms with van der Waals surface area (Å²) in [7, 11) is -0.700. The number of methoxy groups -OCH3 is 1. The minimum Gasteiger partial charge on any atom is -0.465 e. The molecule has 1 aliphatic heterocycles. The molecule has 0 spiro atoms. The number of nitrogens with zero attached hydrogens (tertiary/aromatic N) is 2. The standard InChI is InChI=1S/C20H21N3O5S/c1-23-13-3-4-18(23)22-29(26,27)17-11-9-16(10-12-17)21-19(24)14-5-7-15(8-6-14)20(25)28-2/h5-12H,3-4,13H2,1-2H3,(H,21,24)/b22-18+. The number of likely N-dealkylation sites (tertiary alicyclic amines) is 1. The summed E-state index contributed by atoms with van der Waals surface area (Å²) in [5, 5.41) is 2.69. The molecule has 152 valence electrons. The van der Waals surface area contributed by atoms with E-state index in [-0.39, 0.29) is 10.8 Å². The third-order valence-electron chi connectivity index (χ3n) is 4.54. The van der Waals surface area contributed by atoms with Gasteiger partial charge in [0.05, 0.1) is 17.6 Å². The number of hydrogen-bond donors (Lipinski definition) is 1. The van der Waals surface area contributed by atoms with Crippen molar-refractivity contribution in [1.82, 2.24) is 4.90 Å². The van der Waals surface area contributed by atoms with Crippen molar-refractivity contribution in [3.8, 4) is 0 Å². The molecule has 9 heteroatoms. The van der Waals surface area contributed by atoms with Gasteiger partial charge >= 0.3 is 5.97 Å². The second-order valence-electron chi connectivity index (χ2n) is 6.56. The summed E-state index contributed by atoms with van der Waals surface area (Å²) in [5.74, 6) is -0.316. The molecule has 0 unspecified atom stereocenters. The molecule has 0 radical (unpaired) electrons. The zero-order valence-corrected chi connectivity index (χ0v) is 16.9. The Morgan fingerprint density at radius 3 is 2.21 bits per heavy atom. The molecule has 29 heavy (non-hydrogen) atoms. The Bertz CT molecular complexity index is 1040. The van der Waals surface area contributed by atoms with E-state index in [1.165, 1.54) is 55.6 Å². The fourth-order valence-corrected chi connectivity index (χ4v) is 3.98. The minimum atomic E-state index is -3.80. The summed E-state index contributed by atoms with van der Waals surface area (Å²) < 4.78 is 33.5. The van der Waals surface area contributed by atoms with Crippen molar-refractivity contribution in [2.45, 2.75) is 17.7 Å². The van der Waals surface area contributed by atoms with Crippen molar-refractivity contribution in [3.63, 3.8) is 0 Å². The first-order valence-corrected chi connectivity index (χ1v) is 10.4.